The molecule has 0 unspecified atom stereocenters. The van der Waals surface area contributed by atoms with Crippen molar-refractivity contribution in [1.82, 2.24) is 0 Å². The van der Waals surface area contributed by atoms with Gasteiger partial charge in [-0.1, -0.05) is 48.3 Å². The number of hydrogen-bond donors (Lipinski definition) is 0. The highest BCUT2D eigenvalue weighted by Gasteiger charge is 2.12. The topological polar surface area (TPSA) is 17.1 Å². The minimum Gasteiger partial charge on any atom is -0.294 e. The van der Waals surface area contributed by atoms with E-state index in [0.29, 0.717) is 21.2 Å². The molecule has 20 heavy (non-hydrogen) atoms. The molecule has 0 radical (unpaired) electrons. The predicted molar refractivity (Wildman–Crippen MR) is 87.3 cm³/mol. The lowest BCUT2D eigenvalue weighted by atomic mass is 10.0. The number of Topliss-reactive ketones (excluding diaryl/α,β-unsaturated/α-hetero) is 1. The highest BCUT2D eigenvalue weighted by atomic mass is 35.5. The summed E-state index contributed by atoms with van der Waals surface area (Å²) in [5.74, 6) is 1.04. The molecule has 0 heterocycles. The van der Waals surface area contributed by atoms with Crippen molar-refractivity contribution in [3.05, 3.63) is 63.6 Å². The van der Waals surface area contributed by atoms with Crippen LogP contribution in [0.1, 0.15) is 22.8 Å². The number of ketones is 1. The predicted octanol–water partition coefficient (Wildman–Crippen LogP) is 5.53. The van der Waals surface area contributed by atoms with E-state index >= 15 is 0 Å². The van der Waals surface area contributed by atoms with Crippen LogP contribution >= 0.6 is 35.0 Å². The molecule has 0 aliphatic heterocycles. The van der Waals surface area contributed by atoms with Gasteiger partial charge in [0.2, 0.25) is 0 Å². The number of carbonyl (C=O) groups is 1. The van der Waals surface area contributed by atoms with Crippen LogP contribution in [0.2, 0.25) is 10.0 Å². The van der Waals surface area contributed by atoms with Gasteiger partial charge in [-0.2, -0.15) is 0 Å². The SMILES string of the molecule is CCSc1ccc(C(=O)Cc2c(Cl)cccc2Cl)cc1. The fourth-order valence-electron chi connectivity index (χ4n) is 1.87. The lowest BCUT2D eigenvalue weighted by Gasteiger charge is -2.07. The second-order valence-corrected chi connectivity index (χ2v) is 6.41. The van der Waals surface area contributed by atoms with Crippen molar-refractivity contribution in [3.63, 3.8) is 0 Å². The van der Waals surface area contributed by atoms with Gasteiger partial charge in [0.15, 0.2) is 5.78 Å². The van der Waals surface area contributed by atoms with E-state index in [0.717, 1.165) is 5.75 Å². The van der Waals surface area contributed by atoms with Crippen molar-refractivity contribution < 1.29 is 4.79 Å². The average molecular weight is 325 g/mol. The molecule has 2 aromatic carbocycles. The molecule has 0 atom stereocenters. The third-order valence-electron chi connectivity index (χ3n) is 2.89. The largest absolute Gasteiger partial charge is 0.294 e. The fraction of sp³-hybridized carbons (Fsp3) is 0.188. The van der Waals surface area contributed by atoms with Crippen LogP contribution in [0.5, 0.6) is 0 Å². The van der Waals surface area contributed by atoms with Crippen LogP contribution in [-0.4, -0.2) is 11.5 Å². The summed E-state index contributed by atoms with van der Waals surface area (Å²) in [6.07, 6.45) is 0.221. The zero-order chi connectivity index (χ0) is 14.5. The number of benzene rings is 2. The van der Waals surface area contributed by atoms with Gasteiger partial charge in [-0.3, -0.25) is 4.79 Å². The van der Waals surface area contributed by atoms with Gasteiger partial charge < -0.3 is 0 Å². The van der Waals surface area contributed by atoms with Gasteiger partial charge in [-0.15, -0.1) is 11.8 Å². The van der Waals surface area contributed by atoms with Crippen LogP contribution < -0.4 is 0 Å². The van der Waals surface area contributed by atoms with E-state index in [1.54, 1.807) is 30.0 Å². The molecule has 0 amide bonds. The number of thioether (sulfide) groups is 1. The van der Waals surface area contributed by atoms with Crippen molar-refractivity contribution in [2.24, 2.45) is 0 Å². The molecule has 1 nitrogen and oxygen atoms in total. The van der Waals surface area contributed by atoms with Crippen molar-refractivity contribution >= 4 is 40.7 Å². The maximum Gasteiger partial charge on any atom is 0.167 e. The van der Waals surface area contributed by atoms with Gasteiger partial charge in [0, 0.05) is 26.9 Å². The Balaban J connectivity index is 2.16. The maximum absolute atomic E-state index is 12.3. The Labute approximate surface area is 133 Å². The van der Waals surface area contributed by atoms with E-state index in [9.17, 15) is 4.79 Å². The van der Waals surface area contributed by atoms with Crippen LogP contribution in [0, 0.1) is 0 Å². The zero-order valence-corrected chi connectivity index (χ0v) is 13.4. The van der Waals surface area contributed by atoms with Crippen molar-refractivity contribution in [2.45, 2.75) is 18.2 Å². The summed E-state index contributed by atoms with van der Waals surface area (Å²) in [5, 5.41) is 1.06. The number of hydrogen-bond acceptors (Lipinski definition) is 2. The standard InChI is InChI=1S/C16H14Cl2OS/c1-2-20-12-8-6-11(7-9-12)16(19)10-13-14(17)4-3-5-15(13)18/h3-9H,2,10H2,1H3. The Kier molecular flexibility index (Phi) is 5.53. The first-order valence-corrected chi connectivity index (χ1v) is 8.05. The van der Waals surface area contributed by atoms with Gasteiger partial charge in [-0.05, 0) is 35.6 Å². The summed E-state index contributed by atoms with van der Waals surface area (Å²) >= 11 is 13.9. The Morgan fingerprint density at radius 2 is 1.65 bits per heavy atom. The van der Waals surface area contributed by atoms with Gasteiger partial charge in [0.1, 0.15) is 0 Å². The van der Waals surface area contributed by atoms with E-state index in [1.807, 2.05) is 24.3 Å². The molecule has 0 aliphatic rings. The minimum atomic E-state index is 0.0213. The monoisotopic (exact) mass is 324 g/mol. The third-order valence-corrected chi connectivity index (χ3v) is 4.49. The first kappa shape index (κ1) is 15.4. The third kappa shape index (κ3) is 3.78. The Morgan fingerprint density at radius 3 is 2.20 bits per heavy atom. The maximum atomic E-state index is 12.3. The summed E-state index contributed by atoms with van der Waals surface area (Å²) in [6, 6.07) is 12.9. The zero-order valence-electron chi connectivity index (χ0n) is 11.0. The minimum absolute atomic E-state index is 0.0213. The molecule has 2 rings (SSSR count). The summed E-state index contributed by atoms with van der Waals surface area (Å²) in [6.45, 7) is 2.10. The van der Waals surface area contributed by atoms with Gasteiger partial charge in [0.25, 0.3) is 0 Å². The molecule has 0 aliphatic carbocycles. The summed E-state index contributed by atoms with van der Waals surface area (Å²) < 4.78 is 0. The normalized spacial score (nSPS) is 10.6. The lowest BCUT2D eigenvalue weighted by molar-refractivity contribution is 0.0993. The molecular weight excluding hydrogens is 311 g/mol. The van der Waals surface area contributed by atoms with Crippen LogP contribution in [0.15, 0.2) is 47.4 Å². The summed E-state index contributed by atoms with van der Waals surface area (Å²) in [7, 11) is 0. The molecule has 4 heteroatoms. The first-order valence-electron chi connectivity index (χ1n) is 6.30. The van der Waals surface area contributed by atoms with Crippen LogP contribution in [0.25, 0.3) is 0 Å². The lowest BCUT2D eigenvalue weighted by Crippen LogP contribution is -2.04. The van der Waals surface area contributed by atoms with Gasteiger partial charge >= 0.3 is 0 Å². The molecule has 0 saturated heterocycles. The van der Waals surface area contributed by atoms with E-state index < -0.39 is 0 Å². The smallest absolute Gasteiger partial charge is 0.167 e. The Hall–Kier alpha value is -0.960. The molecule has 0 saturated carbocycles. The van der Waals surface area contributed by atoms with Crippen molar-refractivity contribution in [1.29, 1.82) is 0 Å². The molecular formula is C16H14Cl2OS. The molecule has 104 valence electrons. The summed E-state index contributed by atoms with van der Waals surface area (Å²) in [4.78, 5) is 13.4. The van der Waals surface area contributed by atoms with Gasteiger partial charge in [0.05, 0.1) is 0 Å². The molecule has 0 spiro atoms. The van der Waals surface area contributed by atoms with Crippen LogP contribution in [0.4, 0.5) is 0 Å². The summed E-state index contributed by atoms with van der Waals surface area (Å²) in [5.41, 5.74) is 1.37. The van der Waals surface area contributed by atoms with Crippen LogP contribution in [0.3, 0.4) is 0 Å². The fourth-order valence-corrected chi connectivity index (χ4v) is 3.06. The highest BCUT2D eigenvalue weighted by molar-refractivity contribution is 7.99. The van der Waals surface area contributed by atoms with E-state index in [4.69, 9.17) is 23.2 Å². The highest BCUT2D eigenvalue weighted by Crippen LogP contribution is 2.26. The van der Waals surface area contributed by atoms with E-state index in [-0.39, 0.29) is 12.2 Å². The van der Waals surface area contributed by atoms with Gasteiger partial charge in [-0.25, -0.2) is 0 Å². The number of carbonyl (C=O) groups excluding carboxylic acids is 1. The van der Waals surface area contributed by atoms with Crippen LogP contribution in [-0.2, 0) is 6.42 Å². The average Bonchev–Trinajstić information content (AvgIpc) is 2.44. The molecule has 2 aromatic rings. The van der Waals surface area contributed by atoms with E-state index in [2.05, 4.69) is 6.92 Å². The second kappa shape index (κ2) is 7.16. The van der Waals surface area contributed by atoms with Crippen molar-refractivity contribution in [3.8, 4) is 0 Å². The number of rotatable bonds is 5. The van der Waals surface area contributed by atoms with E-state index in [1.165, 1.54) is 4.90 Å². The second-order valence-electron chi connectivity index (χ2n) is 4.26. The Morgan fingerprint density at radius 1 is 1.05 bits per heavy atom. The van der Waals surface area contributed by atoms with Crippen molar-refractivity contribution in [2.75, 3.05) is 5.75 Å². The molecule has 0 aromatic heterocycles. The Bertz CT molecular complexity index is 588. The molecule has 0 fully saturated rings. The molecule has 0 bridgehead atoms. The number of halogens is 2. The quantitative estimate of drug-likeness (QED) is 0.531. The first-order chi connectivity index (χ1) is 9.61. The molecule has 0 N–H and O–H groups in total.